The highest BCUT2D eigenvalue weighted by Crippen LogP contribution is 2.22. The summed E-state index contributed by atoms with van der Waals surface area (Å²) in [5, 5.41) is 4.37. The van der Waals surface area contributed by atoms with Crippen LogP contribution < -0.4 is 16.0 Å². The number of nitrogens with one attached hydrogen (secondary N) is 1. The molecule has 0 spiro atoms. The Morgan fingerprint density at radius 2 is 2.12 bits per heavy atom. The molecule has 0 unspecified atom stereocenters. The predicted octanol–water partition coefficient (Wildman–Crippen LogP) is 2.17. The molecule has 4 rings (SSSR count). The van der Waals surface area contributed by atoms with E-state index in [-0.39, 0.29) is 17.1 Å². The van der Waals surface area contributed by atoms with Crippen LogP contribution >= 0.6 is 0 Å². The zero-order valence-corrected chi connectivity index (χ0v) is 13.5. The maximum absolute atomic E-state index is 12.3. The Bertz CT molecular complexity index is 1110. The number of rotatable bonds is 3. The molecule has 3 aromatic rings. The molecule has 1 aromatic carbocycles. The van der Waals surface area contributed by atoms with Crippen molar-refractivity contribution < 1.29 is 9.25 Å². The molecule has 25 heavy (non-hydrogen) atoms. The van der Waals surface area contributed by atoms with Crippen LogP contribution in [0.1, 0.15) is 30.0 Å². The molecule has 0 aliphatic heterocycles. The minimum absolute atomic E-state index is 0.0462. The van der Waals surface area contributed by atoms with Crippen molar-refractivity contribution in [3.8, 4) is 6.01 Å². The number of aryl methyl sites for hydroxylation is 2. The maximum atomic E-state index is 12.3. The normalized spacial score (nSPS) is 14.8. The van der Waals surface area contributed by atoms with Gasteiger partial charge in [-0.3, -0.25) is 9.78 Å². The summed E-state index contributed by atoms with van der Waals surface area (Å²) in [5.41, 5.74) is 2.60. The highest BCUT2D eigenvalue weighted by Gasteiger charge is 2.18. The third-order valence-electron chi connectivity index (χ3n) is 4.26. The number of H-pyrrole nitrogens is 1. The van der Waals surface area contributed by atoms with Gasteiger partial charge in [-0.25, -0.2) is 4.79 Å². The first-order chi connectivity index (χ1) is 12.2. The molecule has 0 radical (unpaired) electrons. The summed E-state index contributed by atoms with van der Waals surface area (Å²) in [7, 11) is 0. The Balaban J connectivity index is 1.73. The molecule has 0 saturated carbocycles. The van der Waals surface area contributed by atoms with Crippen LogP contribution in [0.2, 0.25) is 0 Å². The van der Waals surface area contributed by atoms with E-state index in [0.717, 1.165) is 24.1 Å². The fourth-order valence-electron chi connectivity index (χ4n) is 3.05. The topological polar surface area (TPSA) is 97.5 Å². The molecule has 7 heteroatoms. The van der Waals surface area contributed by atoms with Gasteiger partial charge < -0.3 is 9.25 Å². The van der Waals surface area contributed by atoms with Gasteiger partial charge in [0, 0.05) is 11.6 Å². The van der Waals surface area contributed by atoms with E-state index >= 15 is 0 Å². The van der Waals surface area contributed by atoms with E-state index in [1.54, 1.807) is 0 Å². The summed E-state index contributed by atoms with van der Waals surface area (Å²) in [6.45, 7) is 1.85. The Labute approximate surface area is 142 Å². The second-order valence-corrected chi connectivity index (χ2v) is 5.78. The molecule has 126 valence electrons. The standard InChI is InChI=1S/C18H15N3O4/c1-2-10-9-14(22)24-17-15(10)16(23)19-18(20-17)25-21-13-8-7-11-5-3-4-6-12(11)13/h3-6,9H,2,7-8H2,1H3,(H,19,20,23)/b21-13+. The first-order valence-corrected chi connectivity index (χ1v) is 8.05. The van der Waals surface area contributed by atoms with Gasteiger partial charge in [0.2, 0.25) is 5.71 Å². The van der Waals surface area contributed by atoms with Crippen LogP contribution in [0, 0.1) is 0 Å². The average Bonchev–Trinajstić information content (AvgIpc) is 3.02. The lowest BCUT2D eigenvalue weighted by Gasteiger charge is -2.03. The van der Waals surface area contributed by atoms with Gasteiger partial charge in [-0.15, -0.1) is 0 Å². The summed E-state index contributed by atoms with van der Waals surface area (Å²) in [6.07, 6.45) is 2.17. The zero-order chi connectivity index (χ0) is 17.4. The molecule has 0 amide bonds. The highest BCUT2D eigenvalue weighted by atomic mass is 16.6. The number of fused-ring (bicyclic) bond motifs is 2. The molecular formula is C18H15N3O4. The van der Waals surface area contributed by atoms with Crippen LogP contribution in [0.15, 0.2) is 49.5 Å². The van der Waals surface area contributed by atoms with E-state index in [2.05, 4.69) is 21.2 Å². The van der Waals surface area contributed by atoms with E-state index in [4.69, 9.17) is 9.25 Å². The van der Waals surface area contributed by atoms with E-state index in [9.17, 15) is 9.59 Å². The third kappa shape index (κ3) is 2.73. The number of oxime groups is 1. The highest BCUT2D eigenvalue weighted by molar-refractivity contribution is 6.04. The lowest BCUT2D eigenvalue weighted by Crippen LogP contribution is -2.14. The number of nitrogens with zero attached hydrogens (tertiary/aromatic N) is 2. The fourth-order valence-corrected chi connectivity index (χ4v) is 3.05. The molecule has 1 N–H and O–H groups in total. The summed E-state index contributed by atoms with van der Waals surface area (Å²) < 4.78 is 5.04. The van der Waals surface area contributed by atoms with Gasteiger partial charge in [-0.2, -0.15) is 4.98 Å². The van der Waals surface area contributed by atoms with Gasteiger partial charge in [0.25, 0.3) is 5.56 Å². The van der Waals surface area contributed by atoms with Crippen LogP contribution in [0.5, 0.6) is 6.01 Å². The monoisotopic (exact) mass is 337 g/mol. The van der Waals surface area contributed by atoms with Gasteiger partial charge in [0.15, 0.2) is 0 Å². The lowest BCUT2D eigenvalue weighted by molar-refractivity contribution is 0.310. The largest absolute Gasteiger partial charge is 0.403 e. The molecule has 0 atom stereocenters. The van der Waals surface area contributed by atoms with Crippen LogP contribution in [-0.2, 0) is 12.8 Å². The van der Waals surface area contributed by atoms with Gasteiger partial charge in [0.05, 0.1) is 5.71 Å². The number of aromatic amines is 1. The van der Waals surface area contributed by atoms with E-state index in [1.807, 2.05) is 25.1 Å². The van der Waals surface area contributed by atoms with Crippen LogP contribution in [-0.4, -0.2) is 15.7 Å². The zero-order valence-electron chi connectivity index (χ0n) is 13.5. The lowest BCUT2D eigenvalue weighted by atomic mass is 10.1. The van der Waals surface area contributed by atoms with Crippen molar-refractivity contribution in [3.05, 3.63) is 67.8 Å². The van der Waals surface area contributed by atoms with Crippen molar-refractivity contribution in [2.24, 2.45) is 5.16 Å². The number of hydrogen-bond acceptors (Lipinski definition) is 6. The van der Waals surface area contributed by atoms with Crippen molar-refractivity contribution >= 4 is 16.8 Å². The van der Waals surface area contributed by atoms with Crippen molar-refractivity contribution in [1.29, 1.82) is 0 Å². The Morgan fingerprint density at radius 3 is 2.96 bits per heavy atom. The van der Waals surface area contributed by atoms with Gasteiger partial charge >= 0.3 is 11.6 Å². The van der Waals surface area contributed by atoms with Gasteiger partial charge in [0.1, 0.15) is 5.39 Å². The molecule has 2 aromatic heterocycles. The van der Waals surface area contributed by atoms with Gasteiger partial charge in [-0.1, -0.05) is 36.3 Å². The quantitative estimate of drug-likeness (QED) is 0.739. The molecule has 0 bridgehead atoms. The van der Waals surface area contributed by atoms with Gasteiger partial charge in [-0.05, 0) is 30.4 Å². The fraction of sp³-hybridized carbons (Fsp3) is 0.222. The molecule has 2 heterocycles. The molecule has 1 aliphatic rings. The smallest absolute Gasteiger partial charge is 0.337 e. The summed E-state index contributed by atoms with van der Waals surface area (Å²) in [4.78, 5) is 35.8. The average molecular weight is 337 g/mol. The Kier molecular flexibility index (Phi) is 3.68. The molecule has 0 fully saturated rings. The van der Waals surface area contributed by atoms with E-state index in [0.29, 0.717) is 12.0 Å². The van der Waals surface area contributed by atoms with Crippen molar-refractivity contribution in [1.82, 2.24) is 9.97 Å². The molecule has 0 saturated heterocycles. The summed E-state index contributed by atoms with van der Waals surface area (Å²) in [6, 6.07) is 9.15. The number of benzene rings is 1. The van der Waals surface area contributed by atoms with Crippen LogP contribution in [0.4, 0.5) is 0 Å². The molecular weight excluding hydrogens is 322 g/mol. The predicted molar refractivity (Wildman–Crippen MR) is 92.2 cm³/mol. The minimum atomic E-state index is -0.551. The molecule has 7 nitrogen and oxygen atoms in total. The van der Waals surface area contributed by atoms with Crippen LogP contribution in [0.25, 0.3) is 11.1 Å². The van der Waals surface area contributed by atoms with E-state index < -0.39 is 11.2 Å². The first kappa shape index (κ1) is 15.3. The van der Waals surface area contributed by atoms with Crippen molar-refractivity contribution in [2.45, 2.75) is 26.2 Å². The van der Waals surface area contributed by atoms with Crippen molar-refractivity contribution in [3.63, 3.8) is 0 Å². The van der Waals surface area contributed by atoms with Crippen molar-refractivity contribution in [2.75, 3.05) is 0 Å². The van der Waals surface area contributed by atoms with E-state index in [1.165, 1.54) is 11.6 Å². The molecule has 1 aliphatic carbocycles. The Morgan fingerprint density at radius 1 is 1.28 bits per heavy atom. The summed E-state index contributed by atoms with van der Waals surface area (Å²) >= 11 is 0. The third-order valence-corrected chi connectivity index (χ3v) is 4.26. The number of aromatic nitrogens is 2. The first-order valence-electron chi connectivity index (χ1n) is 8.05. The Hall–Kier alpha value is -3.22. The number of hydrogen-bond donors (Lipinski definition) is 1. The summed E-state index contributed by atoms with van der Waals surface area (Å²) in [5.74, 6) is 0. The maximum Gasteiger partial charge on any atom is 0.337 e. The SMILES string of the molecule is CCc1cc(=O)oc2nc(O/N=C3\CCc4ccccc43)[nH]c(=O)c12. The van der Waals surface area contributed by atoms with Crippen LogP contribution in [0.3, 0.4) is 0 Å². The minimum Gasteiger partial charge on any atom is -0.403 e. The second kappa shape index (κ2) is 6.01. The second-order valence-electron chi connectivity index (χ2n) is 5.78.